The Kier molecular flexibility index (Phi) is 5.20. The number of fused-ring (bicyclic) bond motifs is 8. The molecule has 0 spiro atoms. The molecular formula is C40H25NO2. The molecule has 0 aliphatic rings. The lowest BCUT2D eigenvalue weighted by molar-refractivity contribution is 0.669. The van der Waals surface area contributed by atoms with Crippen molar-refractivity contribution in [1.29, 1.82) is 0 Å². The van der Waals surface area contributed by atoms with Crippen LogP contribution in [-0.2, 0) is 0 Å². The van der Waals surface area contributed by atoms with Gasteiger partial charge in [-0.1, -0.05) is 97.1 Å². The predicted molar refractivity (Wildman–Crippen MR) is 179 cm³/mol. The molecule has 0 saturated heterocycles. The van der Waals surface area contributed by atoms with Crippen LogP contribution in [-0.4, -0.2) is 0 Å². The van der Waals surface area contributed by atoms with Gasteiger partial charge in [0.1, 0.15) is 22.3 Å². The minimum absolute atomic E-state index is 0.855. The van der Waals surface area contributed by atoms with Crippen LogP contribution in [0.15, 0.2) is 160 Å². The number of hydrogen-bond donors (Lipinski definition) is 0. The Hall–Kier alpha value is -5.80. The number of hydrogen-bond acceptors (Lipinski definition) is 3. The van der Waals surface area contributed by atoms with Crippen molar-refractivity contribution in [3.05, 3.63) is 152 Å². The molecule has 9 aromatic rings. The molecule has 0 radical (unpaired) electrons. The van der Waals surface area contributed by atoms with Gasteiger partial charge in [-0.15, -0.1) is 0 Å². The number of rotatable bonds is 4. The Morgan fingerprint density at radius 3 is 1.88 bits per heavy atom. The second-order valence-electron chi connectivity index (χ2n) is 10.9. The zero-order valence-electron chi connectivity index (χ0n) is 23.2. The monoisotopic (exact) mass is 551 g/mol. The summed E-state index contributed by atoms with van der Waals surface area (Å²) in [5.74, 6) is 0. The summed E-state index contributed by atoms with van der Waals surface area (Å²) in [5, 5.41) is 6.90. The molecular weight excluding hydrogens is 526 g/mol. The molecule has 0 unspecified atom stereocenters. The van der Waals surface area contributed by atoms with Crippen LogP contribution in [0.25, 0.3) is 65.8 Å². The minimum atomic E-state index is 0.855. The van der Waals surface area contributed by atoms with E-state index in [2.05, 4.69) is 144 Å². The second-order valence-corrected chi connectivity index (χ2v) is 10.9. The average Bonchev–Trinajstić information content (AvgIpc) is 3.64. The first-order valence-electron chi connectivity index (χ1n) is 14.5. The van der Waals surface area contributed by atoms with E-state index in [1.807, 2.05) is 12.1 Å². The molecule has 9 rings (SSSR count). The number of furan rings is 2. The van der Waals surface area contributed by atoms with Crippen molar-refractivity contribution >= 4 is 71.7 Å². The van der Waals surface area contributed by atoms with Gasteiger partial charge in [0.2, 0.25) is 0 Å². The molecule has 43 heavy (non-hydrogen) atoms. The Morgan fingerprint density at radius 2 is 1.07 bits per heavy atom. The van der Waals surface area contributed by atoms with Crippen LogP contribution in [0, 0.1) is 0 Å². The van der Waals surface area contributed by atoms with Crippen LogP contribution >= 0.6 is 0 Å². The van der Waals surface area contributed by atoms with Crippen LogP contribution in [0.5, 0.6) is 0 Å². The van der Waals surface area contributed by atoms with E-state index in [1.165, 1.54) is 10.8 Å². The highest BCUT2D eigenvalue weighted by Crippen LogP contribution is 2.42. The summed E-state index contributed by atoms with van der Waals surface area (Å²) in [6.07, 6.45) is 0. The first-order chi connectivity index (χ1) is 21.3. The van der Waals surface area contributed by atoms with Crippen molar-refractivity contribution in [3.63, 3.8) is 0 Å². The fraction of sp³-hybridized carbons (Fsp3) is 0. The fourth-order valence-corrected chi connectivity index (χ4v) is 6.47. The molecule has 0 N–H and O–H groups in total. The van der Waals surface area contributed by atoms with Crippen molar-refractivity contribution in [2.75, 3.05) is 4.90 Å². The largest absolute Gasteiger partial charge is 0.456 e. The molecule has 202 valence electrons. The first kappa shape index (κ1) is 23.9. The van der Waals surface area contributed by atoms with Crippen molar-refractivity contribution in [2.45, 2.75) is 0 Å². The number of anilines is 3. The maximum absolute atomic E-state index is 6.61. The molecule has 2 aromatic heterocycles. The van der Waals surface area contributed by atoms with Gasteiger partial charge in [0.25, 0.3) is 0 Å². The Bertz CT molecular complexity index is 2450. The normalized spacial score (nSPS) is 11.7. The summed E-state index contributed by atoms with van der Waals surface area (Å²) < 4.78 is 13.0. The molecule has 0 aliphatic heterocycles. The van der Waals surface area contributed by atoms with Gasteiger partial charge in [-0.25, -0.2) is 0 Å². The number of benzene rings is 7. The molecule has 0 amide bonds. The molecule has 0 bridgehead atoms. The topological polar surface area (TPSA) is 29.5 Å². The van der Waals surface area contributed by atoms with Crippen molar-refractivity contribution in [3.8, 4) is 11.1 Å². The zero-order chi connectivity index (χ0) is 28.3. The Morgan fingerprint density at radius 1 is 0.395 bits per heavy atom. The molecule has 0 saturated carbocycles. The summed E-state index contributed by atoms with van der Waals surface area (Å²) in [6, 6.07) is 52.9. The molecule has 0 aliphatic carbocycles. The third-order valence-electron chi connectivity index (χ3n) is 8.44. The van der Waals surface area contributed by atoms with Crippen LogP contribution in [0.1, 0.15) is 0 Å². The zero-order valence-corrected chi connectivity index (χ0v) is 23.2. The third-order valence-corrected chi connectivity index (χ3v) is 8.44. The highest BCUT2D eigenvalue weighted by atomic mass is 16.3. The standard InChI is InChI=1S/C40H25NO2/c1-3-10-26(11-4-1)32-16-9-17-34-33-21-19-29(24-37(33)43-40(32)34)41(28-13-5-2-6-14-28)30-20-22-35-38(25-30)42-36-23-18-27-12-7-8-15-31(27)39(35)36/h1-25H. The van der Waals surface area contributed by atoms with Crippen LogP contribution in [0.4, 0.5) is 17.1 Å². The highest BCUT2D eigenvalue weighted by molar-refractivity contribution is 6.19. The van der Waals surface area contributed by atoms with E-state index in [0.29, 0.717) is 0 Å². The lowest BCUT2D eigenvalue weighted by atomic mass is 10.0. The van der Waals surface area contributed by atoms with Gasteiger partial charge in [0.15, 0.2) is 0 Å². The quantitative estimate of drug-likeness (QED) is 0.218. The van der Waals surface area contributed by atoms with Gasteiger partial charge in [-0.05, 0) is 58.8 Å². The van der Waals surface area contributed by atoms with Crippen molar-refractivity contribution < 1.29 is 8.83 Å². The van der Waals surface area contributed by atoms with E-state index in [4.69, 9.17) is 8.83 Å². The summed E-state index contributed by atoms with van der Waals surface area (Å²) in [5.41, 5.74) is 8.85. The van der Waals surface area contributed by atoms with Gasteiger partial charge in [0.05, 0.1) is 0 Å². The number of nitrogens with zero attached hydrogens (tertiary/aromatic N) is 1. The summed E-state index contributed by atoms with van der Waals surface area (Å²) in [6.45, 7) is 0. The Balaban J connectivity index is 1.23. The van der Waals surface area contributed by atoms with Gasteiger partial charge in [0, 0.05) is 56.3 Å². The lowest BCUT2D eigenvalue weighted by Crippen LogP contribution is -2.09. The van der Waals surface area contributed by atoms with E-state index < -0.39 is 0 Å². The molecule has 7 aromatic carbocycles. The SMILES string of the molecule is c1ccc(-c2cccc3c2oc2cc(N(c4ccccc4)c4ccc5c(c4)oc4ccc6ccccc6c45)ccc23)cc1. The van der Waals surface area contributed by atoms with E-state index in [1.54, 1.807) is 0 Å². The Labute approximate surface area is 247 Å². The van der Waals surface area contributed by atoms with E-state index in [0.717, 1.165) is 72.1 Å². The highest BCUT2D eigenvalue weighted by Gasteiger charge is 2.19. The number of para-hydroxylation sites is 2. The summed E-state index contributed by atoms with van der Waals surface area (Å²) in [4.78, 5) is 2.26. The van der Waals surface area contributed by atoms with Crippen molar-refractivity contribution in [2.24, 2.45) is 0 Å². The molecule has 2 heterocycles. The second kappa shape index (κ2) is 9.37. The van der Waals surface area contributed by atoms with Crippen LogP contribution < -0.4 is 4.90 Å². The maximum Gasteiger partial charge on any atom is 0.143 e. The van der Waals surface area contributed by atoms with Gasteiger partial charge >= 0.3 is 0 Å². The third kappa shape index (κ3) is 3.75. The van der Waals surface area contributed by atoms with Gasteiger partial charge in [-0.2, -0.15) is 0 Å². The first-order valence-corrected chi connectivity index (χ1v) is 14.5. The molecule has 0 atom stereocenters. The maximum atomic E-state index is 6.61. The minimum Gasteiger partial charge on any atom is -0.456 e. The van der Waals surface area contributed by atoms with Gasteiger partial charge < -0.3 is 13.7 Å². The summed E-state index contributed by atoms with van der Waals surface area (Å²) >= 11 is 0. The van der Waals surface area contributed by atoms with E-state index in [9.17, 15) is 0 Å². The smallest absolute Gasteiger partial charge is 0.143 e. The molecule has 0 fully saturated rings. The summed E-state index contributed by atoms with van der Waals surface area (Å²) in [7, 11) is 0. The average molecular weight is 552 g/mol. The van der Waals surface area contributed by atoms with Crippen molar-refractivity contribution in [1.82, 2.24) is 0 Å². The van der Waals surface area contributed by atoms with E-state index >= 15 is 0 Å². The molecule has 3 nitrogen and oxygen atoms in total. The predicted octanol–water partition coefficient (Wildman–Crippen LogP) is 11.8. The van der Waals surface area contributed by atoms with Crippen LogP contribution in [0.2, 0.25) is 0 Å². The fourth-order valence-electron chi connectivity index (χ4n) is 6.47. The van der Waals surface area contributed by atoms with Crippen LogP contribution in [0.3, 0.4) is 0 Å². The molecule has 3 heteroatoms. The van der Waals surface area contributed by atoms with E-state index in [-0.39, 0.29) is 0 Å². The lowest BCUT2D eigenvalue weighted by Gasteiger charge is -2.25. The van der Waals surface area contributed by atoms with Gasteiger partial charge in [-0.3, -0.25) is 0 Å².